The minimum absolute atomic E-state index is 0.126. The maximum absolute atomic E-state index is 10.8. The molecule has 0 bridgehead atoms. The molecule has 0 radical (unpaired) electrons. The summed E-state index contributed by atoms with van der Waals surface area (Å²) in [5.74, 6) is 0.663. The fourth-order valence-electron chi connectivity index (χ4n) is 0.499. The number of halogens is 1. The summed E-state index contributed by atoms with van der Waals surface area (Å²) < 4.78 is 1.54. The zero-order chi connectivity index (χ0) is 6.85. The number of hydrogen-bond donors (Lipinski definition) is 0. The van der Waals surface area contributed by atoms with Gasteiger partial charge in [0.25, 0.3) is 0 Å². The number of carbonyl (C=O) groups excluding carboxylic acids is 1. The Labute approximate surface area is 71.4 Å². The van der Waals surface area contributed by atoms with Gasteiger partial charge in [0.2, 0.25) is 5.91 Å². The van der Waals surface area contributed by atoms with Crippen LogP contribution in [-0.2, 0) is 4.79 Å². The van der Waals surface area contributed by atoms with E-state index in [4.69, 9.17) is 0 Å². The van der Waals surface area contributed by atoms with E-state index >= 15 is 0 Å². The highest BCUT2D eigenvalue weighted by Crippen LogP contribution is 2.21. The van der Waals surface area contributed by atoms with Crippen molar-refractivity contribution in [2.75, 3.05) is 12.8 Å². The molecular formula is C4H5IN2OS. The number of nitrogens with zero attached hydrogens (tertiary/aromatic N) is 2. The maximum Gasteiger partial charge on any atom is 0.247 e. The minimum atomic E-state index is 0.126. The predicted octanol–water partition coefficient (Wildman–Crippen LogP) is 0.898. The van der Waals surface area contributed by atoms with Crippen molar-refractivity contribution in [3.05, 3.63) is 0 Å². The van der Waals surface area contributed by atoms with Gasteiger partial charge in [0.05, 0.1) is 28.6 Å². The molecule has 0 aromatic rings. The average Bonchev–Trinajstić information content (AvgIpc) is 2.15. The van der Waals surface area contributed by atoms with E-state index in [1.807, 2.05) is 22.9 Å². The van der Waals surface area contributed by atoms with Crippen molar-refractivity contribution >= 4 is 45.7 Å². The summed E-state index contributed by atoms with van der Waals surface area (Å²) in [4.78, 5) is 14.7. The molecule has 1 aliphatic rings. The predicted molar refractivity (Wildman–Crippen MR) is 46.7 cm³/mol. The van der Waals surface area contributed by atoms with Crippen molar-refractivity contribution in [1.82, 2.24) is 3.11 Å². The molecule has 9 heavy (non-hydrogen) atoms. The molecule has 1 saturated heterocycles. The first-order valence-corrected chi connectivity index (χ1v) is 4.29. The van der Waals surface area contributed by atoms with E-state index in [1.165, 1.54) is 11.8 Å². The van der Waals surface area contributed by atoms with E-state index in [0.29, 0.717) is 5.75 Å². The van der Waals surface area contributed by atoms with E-state index in [1.54, 1.807) is 10.2 Å². The van der Waals surface area contributed by atoms with Gasteiger partial charge in [-0.15, -0.1) is 0 Å². The SMILES string of the molecule is CN=C1SCC(=O)N1I. The second-order valence-electron chi connectivity index (χ2n) is 1.47. The molecule has 0 saturated carbocycles. The summed E-state index contributed by atoms with van der Waals surface area (Å²) >= 11 is 3.43. The fraction of sp³-hybridized carbons (Fsp3) is 0.500. The monoisotopic (exact) mass is 256 g/mol. The van der Waals surface area contributed by atoms with Crippen LogP contribution in [0.5, 0.6) is 0 Å². The molecule has 50 valence electrons. The first-order valence-electron chi connectivity index (χ1n) is 2.34. The smallest absolute Gasteiger partial charge is 0.247 e. The first kappa shape index (κ1) is 7.33. The lowest BCUT2D eigenvalue weighted by atomic mass is 10.7. The van der Waals surface area contributed by atoms with Gasteiger partial charge in [0.1, 0.15) is 0 Å². The Balaban J connectivity index is 2.73. The zero-order valence-corrected chi connectivity index (χ0v) is 7.77. The van der Waals surface area contributed by atoms with Crippen LogP contribution >= 0.6 is 34.6 Å². The van der Waals surface area contributed by atoms with Crippen molar-refractivity contribution in [2.45, 2.75) is 0 Å². The van der Waals surface area contributed by atoms with Crippen LogP contribution in [0, 0.1) is 0 Å². The quantitative estimate of drug-likeness (QED) is 0.476. The summed E-state index contributed by atoms with van der Waals surface area (Å²) in [6.07, 6.45) is 0. The Morgan fingerprint density at radius 2 is 2.56 bits per heavy atom. The molecule has 0 aliphatic carbocycles. The lowest BCUT2D eigenvalue weighted by Gasteiger charge is -2.01. The molecule has 1 amide bonds. The molecule has 1 aliphatic heterocycles. The second kappa shape index (κ2) is 2.87. The molecule has 0 atom stereocenters. The molecule has 0 spiro atoms. The Morgan fingerprint density at radius 3 is 2.78 bits per heavy atom. The lowest BCUT2D eigenvalue weighted by Crippen LogP contribution is -2.17. The Bertz CT molecular complexity index is 170. The third kappa shape index (κ3) is 1.37. The number of rotatable bonds is 0. The Hall–Kier alpha value is 0.220. The molecule has 3 nitrogen and oxygen atoms in total. The van der Waals surface area contributed by atoms with Gasteiger partial charge in [0.15, 0.2) is 5.17 Å². The minimum Gasteiger partial charge on any atom is -0.273 e. The highest BCUT2D eigenvalue weighted by Gasteiger charge is 2.24. The van der Waals surface area contributed by atoms with E-state index in [-0.39, 0.29) is 5.91 Å². The van der Waals surface area contributed by atoms with Crippen LogP contribution in [0.25, 0.3) is 0 Å². The van der Waals surface area contributed by atoms with Crippen LogP contribution in [0.1, 0.15) is 0 Å². The van der Waals surface area contributed by atoms with Crippen LogP contribution in [-0.4, -0.2) is 27.0 Å². The number of carbonyl (C=O) groups is 1. The standard InChI is InChI=1S/C4H5IN2OS/c1-6-4-7(5)3(8)2-9-4/h2H2,1H3. The zero-order valence-electron chi connectivity index (χ0n) is 4.80. The third-order valence-corrected chi connectivity index (χ3v) is 3.24. The number of amidine groups is 1. The average molecular weight is 256 g/mol. The first-order chi connectivity index (χ1) is 4.25. The van der Waals surface area contributed by atoms with Crippen LogP contribution < -0.4 is 0 Å². The molecule has 0 N–H and O–H groups in total. The molecular weight excluding hydrogens is 251 g/mol. The number of aliphatic imine (C=N–C) groups is 1. The Morgan fingerprint density at radius 1 is 1.89 bits per heavy atom. The van der Waals surface area contributed by atoms with Crippen molar-refractivity contribution in [1.29, 1.82) is 0 Å². The number of amides is 1. The Kier molecular flexibility index (Phi) is 2.34. The van der Waals surface area contributed by atoms with Crippen molar-refractivity contribution in [3.8, 4) is 0 Å². The number of thioether (sulfide) groups is 1. The highest BCUT2D eigenvalue weighted by atomic mass is 127. The fourth-order valence-corrected chi connectivity index (χ4v) is 2.26. The third-order valence-electron chi connectivity index (χ3n) is 0.903. The molecule has 0 unspecified atom stereocenters. The summed E-state index contributed by atoms with van der Waals surface area (Å²) in [5, 5.41) is 0.806. The van der Waals surface area contributed by atoms with Gasteiger partial charge >= 0.3 is 0 Å². The van der Waals surface area contributed by atoms with Gasteiger partial charge in [-0.05, 0) is 0 Å². The lowest BCUT2D eigenvalue weighted by molar-refractivity contribution is -0.119. The molecule has 1 rings (SSSR count). The topological polar surface area (TPSA) is 32.7 Å². The van der Waals surface area contributed by atoms with E-state index in [0.717, 1.165) is 5.17 Å². The summed E-state index contributed by atoms with van der Waals surface area (Å²) in [5.41, 5.74) is 0. The van der Waals surface area contributed by atoms with Crippen molar-refractivity contribution in [3.63, 3.8) is 0 Å². The van der Waals surface area contributed by atoms with Gasteiger partial charge in [-0.25, -0.2) is 3.11 Å². The normalized spacial score (nSPS) is 24.0. The maximum atomic E-state index is 10.8. The van der Waals surface area contributed by atoms with Gasteiger partial charge in [-0.2, -0.15) is 0 Å². The van der Waals surface area contributed by atoms with Gasteiger partial charge < -0.3 is 0 Å². The summed E-state index contributed by atoms with van der Waals surface area (Å²) in [6, 6.07) is 0. The molecule has 5 heteroatoms. The second-order valence-corrected chi connectivity index (χ2v) is 3.38. The molecule has 0 aromatic carbocycles. The molecule has 1 heterocycles. The van der Waals surface area contributed by atoms with Gasteiger partial charge in [-0.3, -0.25) is 9.79 Å². The van der Waals surface area contributed by atoms with E-state index < -0.39 is 0 Å². The van der Waals surface area contributed by atoms with E-state index in [9.17, 15) is 4.79 Å². The van der Waals surface area contributed by atoms with Crippen molar-refractivity contribution in [2.24, 2.45) is 4.99 Å². The highest BCUT2D eigenvalue weighted by molar-refractivity contribution is 14.1. The van der Waals surface area contributed by atoms with Crippen LogP contribution in [0.4, 0.5) is 0 Å². The molecule has 0 aromatic heterocycles. The van der Waals surface area contributed by atoms with Gasteiger partial charge in [0, 0.05) is 7.05 Å². The van der Waals surface area contributed by atoms with Crippen molar-refractivity contribution < 1.29 is 4.79 Å². The summed E-state index contributed by atoms with van der Waals surface area (Å²) in [6.45, 7) is 0. The van der Waals surface area contributed by atoms with Crippen LogP contribution in [0.3, 0.4) is 0 Å². The van der Waals surface area contributed by atoms with E-state index in [2.05, 4.69) is 4.99 Å². The summed E-state index contributed by atoms with van der Waals surface area (Å²) in [7, 11) is 1.69. The van der Waals surface area contributed by atoms with Gasteiger partial charge in [-0.1, -0.05) is 11.8 Å². The largest absolute Gasteiger partial charge is 0.273 e. The van der Waals surface area contributed by atoms with Crippen LogP contribution in [0.2, 0.25) is 0 Å². The number of hydrogen-bond acceptors (Lipinski definition) is 3. The van der Waals surface area contributed by atoms with Crippen LogP contribution in [0.15, 0.2) is 4.99 Å². The molecule has 1 fully saturated rings.